The van der Waals surface area contributed by atoms with E-state index in [2.05, 4.69) is 15.5 Å². The number of amides is 2. The third kappa shape index (κ3) is 6.97. The Morgan fingerprint density at radius 2 is 1.74 bits per heavy atom. The van der Waals surface area contributed by atoms with Crippen LogP contribution in [0.4, 0.5) is 17.1 Å². The van der Waals surface area contributed by atoms with Gasteiger partial charge in [0.25, 0.3) is 0 Å². The van der Waals surface area contributed by atoms with Gasteiger partial charge in [0.05, 0.1) is 32.6 Å². The summed E-state index contributed by atoms with van der Waals surface area (Å²) >= 11 is 0. The molecule has 1 saturated heterocycles. The first-order valence-corrected chi connectivity index (χ1v) is 10.4. The molecule has 2 amide bonds. The van der Waals surface area contributed by atoms with Gasteiger partial charge >= 0.3 is 0 Å². The number of carbonyl (C=O) groups excluding carboxylic acids is 2. The van der Waals surface area contributed by atoms with E-state index in [-0.39, 0.29) is 24.8 Å². The van der Waals surface area contributed by atoms with Crippen LogP contribution in [-0.4, -0.2) is 70.3 Å². The topological polar surface area (TPSA) is 83.1 Å². The first-order valence-electron chi connectivity index (χ1n) is 10.4. The average Bonchev–Trinajstić information content (AvgIpc) is 2.79. The lowest BCUT2D eigenvalue weighted by Gasteiger charge is -2.28. The number of nitrogens with one attached hydrogen (secondary N) is 2. The fraction of sp³-hybridized carbons (Fsp3) is 0.391. The number of benzene rings is 2. The molecule has 2 aromatic carbocycles. The van der Waals surface area contributed by atoms with Crippen molar-refractivity contribution in [2.24, 2.45) is 0 Å². The monoisotopic (exact) mass is 426 g/mol. The molecule has 0 radical (unpaired) electrons. The number of methoxy groups -OCH3 is 1. The van der Waals surface area contributed by atoms with Gasteiger partial charge in [-0.15, -0.1) is 0 Å². The van der Waals surface area contributed by atoms with E-state index in [0.717, 1.165) is 37.7 Å². The highest BCUT2D eigenvalue weighted by Gasteiger charge is 2.13. The lowest BCUT2D eigenvalue weighted by atomic mass is 10.2. The number of carbonyl (C=O) groups is 2. The van der Waals surface area contributed by atoms with E-state index in [9.17, 15) is 9.59 Å². The maximum absolute atomic E-state index is 12.3. The van der Waals surface area contributed by atoms with Gasteiger partial charge in [-0.05, 0) is 43.4 Å². The minimum atomic E-state index is -0.129. The molecule has 2 aromatic rings. The highest BCUT2D eigenvalue weighted by Crippen LogP contribution is 2.23. The minimum absolute atomic E-state index is 0.119. The lowest BCUT2D eigenvalue weighted by molar-refractivity contribution is -0.119. The van der Waals surface area contributed by atoms with Crippen LogP contribution >= 0.6 is 0 Å². The van der Waals surface area contributed by atoms with Gasteiger partial charge in [-0.2, -0.15) is 0 Å². The summed E-state index contributed by atoms with van der Waals surface area (Å²) in [6.45, 7) is 3.89. The molecule has 8 nitrogen and oxygen atoms in total. The van der Waals surface area contributed by atoms with Crippen LogP contribution in [0.25, 0.3) is 0 Å². The van der Waals surface area contributed by atoms with Crippen LogP contribution in [0.2, 0.25) is 0 Å². The second-order valence-corrected chi connectivity index (χ2v) is 7.43. The highest BCUT2D eigenvalue weighted by molar-refractivity contribution is 5.93. The Labute approximate surface area is 183 Å². The third-order valence-corrected chi connectivity index (χ3v) is 5.04. The molecule has 0 aliphatic carbocycles. The van der Waals surface area contributed by atoms with Gasteiger partial charge in [-0.3, -0.25) is 14.5 Å². The molecule has 0 aromatic heterocycles. The van der Waals surface area contributed by atoms with Gasteiger partial charge in [0, 0.05) is 37.4 Å². The summed E-state index contributed by atoms with van der Waals surface area (Å²) in [5, 5.41) is 5.74. The summed E-state index contributed by atoms with van der Waals surface area (Å²) in [5.74, 6) is 0.366. The van der Waals surface area contributed by atoms with Crippen LogP contribution < -0.4 is 20.3 Å². The number of para-hydroxylation sites is 2. The van der Waals surface area contributed by atoms with E-state index in [4.69, 9.17) is 9.47 Å². The summed E-state index contributed by atoms with van der Waals surface area (Å²) in [6, 6.07) is 15.1. The maximum atomic E-state index is 12.3. The van der Waals surface area contributed by atoms with Crippen LogP contribution in [-0.2, 0) is 14.3 Å². The fourth-order valence-electron chi connectivity index (χ4n) is 3.35. The molecule has 31 heavy (non-hydrogen) atoms. The van der Waals surface area contributed by atoms with Crippen molar-refractivity contribution in [2.75, 3.05) is 69.1 Å². The first kappa shape index (κ1) is 22.6. The molecule has 0 spiro atoms. The smallest absolute Gasteiger partial charge is 0.238 e. The second-order valence-electron chi connectivity index (χ2n) is 7.43. The number of morpholine rings is 1. The summed E-state index contributed by atoms with van der Waals surface area (Å²) in [4.78, 5) is 28.6. The standard InChI is InChI=1S/C23H30N4O4/c1-26(12-11-22(28)25-20-5-3-4-6-21(20)30-2)17-23(29)24-18-7-9-19(10-8-18)27-13-15-31-16-14-27/h3-10H,11-17H2,1-2H3,(H,24,29)(H,25,28). The summed E-state index contributed by atoms with van der Waals surface area (Å²) < 4.78 is 10.6. The number of hydrogen-bond acceptors (Lipinski definition) is 6. The predicted molar refractivity (Wildman–Crippen MR) is 122 cm³/mol. The lowest BCUT2D eigenvalue weighted by Crippen LogP contribution is -2.36. The summed E-state index contributed by atoms with van der Waals surface area (Å²) in [6.07, 6.45) is 0.274. The SMILES string of the molecule is COc1ccccc1NC(=O)CCN(C)CC(=O)Nc1ccc(N2CCOCC2)cc1. The minimum Gasteiger partial charge on any atom is -0.495 e. The van der Waals surface area contributed by atoms with E-state index < -0.39 is 0 Å². The van der Waals surface area contributed by atoms with E-state index >= 15 is 0 Å². The van der Waals surface area contributed by atoms with Crippen LogP contribution in [0.3, 0.4) is 0 Å². The van der Waals surface area contributed by atoms with Gasteiger partial charge in [0.2, 0.25) is 11.8 Å². The molecule has 2 N–H and O–H groups in total. The van der Waals surface area contributed by atoms with E-state index in [1.165, 1.54) is 0 Å². The number of hydrogen-bond donors (Lipinski definition) is 2. The molecular weight excluding hydrogens is 396 g/mol. The fourth-order valence-corrected chi connectivity index (χ4v) is 3.35. The Bertz CT molecular complexity index is 866. The number of rotatable bonds is 9. The van der Waals surface area contributed by atoms with Crippen molar-refractivity contribution in [3.05, 3.63) is 48.5 Å². The van der Waals surface area contributed by atoms with Crippen molar-refractivity contribution in [2.45, 2.75) is 6.42 Å². The number of anilines is 3. The van der Waals surface area contributed by atoms with E-state index in [1.807, 2.05) is 48.3 Å². The van der Waals surface area contributed by atoms with Crippen LogP contribution in [0, 0.1) is 0 Å². The zero-order valence-electron chi connectivity index (χ0n) is 18.1. The molecule has 1 aliphatic heterocycles. The highest BCUT2D eigenvalue weighted by atomic mass is 16.5. The molecule has 1 heterocycles. The quantitative estimate of drug-likeness (QED) is 0.641. The molecule has 166 valence electrons. The third-order valence-electron chi connectivity index (χ3n) is 5.04. The van der Waals surface area contributed by atoms with E-state index in [0.29, 0.717) is 18.0 Å². The molecule has 1 fully saturated rings. The largest absolute Gasteiger partial charge is 0.495 e. The Morgan fingerprint density at radius 3 is 2.45 bits per heavy atom. The Kier molecular flexibility index (Phi) is 8.26. The molecule has 1 aliphatic rings. The van der Waals surface area contributed by atoms with Crippen molar-refractivity contribution in [3.8, 4) is 5.75 Å². The van der Waals surface area contributed by atoms with Crippen molar-refractivity contribution in [3.63, 3.8) is 0 Å². The first-order chi connectivity index (χ1) is 15.0. The van der Waals surface area contributed by atoms with Gasteiger partial charge in [-0.1, -0.05) is 12.1 Å². The predicted octanol–water partition coefficient (Wildman–Crippen LogP) is 2.43. The number of likely N-dealkylation sites (N-methyl/N-ethyl adjacent to an activating group) is 1. The summed E-state index contributed by atoms with van der Waals surface area (Å²) in [7, 11) is 3.38. The van der Waals surface area contributed by atoms with Gasteiger partial charge < -0.3 is 25.0 Å². The van der Waals surface area contributed by atoms with Crippen LogP contribution in [0.1, 0.15) is 6.42 Å². The average molecular weight is 427 g/mol. The molecule has 8 heteroatoms. The molecule has 0 atom stereocenters. The molecule has 0 bridgehead atoms. The maximum Gasteiger partial charge on any atom is 0.238 e. The number of ether oxygens (including phenoxy) is 2. The van der Waals surface area contributed by atoms with Crippen molar-refractivity contribution in [1.29, 1.82) is 0 Å². The Morgan fingerprint density at radius 1 is 1.03 bits per heavy atom. The van der Waals surface area contributed by atoms with Gasteiger partial charge in [-0.25, -0.2) is 0 Å². The number of nitrogens with zero attached hydrogens (tertiary/aromatic N) is 2. The zero-order valence-corrected chi connectivity index (χ0v) is 18.1. The molecule has 0 saturated carbocycles. The van der Waals surface area contributed by atoms with Gasteiger partial charge in [0.1, 0.15) is 5.75 Å². The molecular formula is C23H30N4O4. The Hall–Kier alpha value is -3.10. The Balaban J connectivity index is 1.40. The van der Waals surface area contributed by atoms with Crippen molar-refractivity contribution in [1.82, 2.24) is 4.90 Å². The van der Waals surface area contributed by atoms with Gasteiger partial charge in [0.15, 0.2) is 0 Å². The summed E-state index contributed by atoms with van der Waals surface area (Å²) in [5.41, 5.74) is 2.51. The van der Waals surface area contributed by atoms with Crippen LogP contribution in [0.5, 0.6) is 5.75 Å². The normalized spacial score (nSPS) is 13.7. The zero-order chi connectivity index (χ0) is 22.1. The second kappa shape index (κ2) is 11.3. The van der Waals surface area contributed by atoms with E-state index in [1.54, 1.807) is 19.2 Å². The van der Waals surface area contributed by atoms with Crippen LogP contribution in [0.15, 0.2) is 48.5 Å². The molecule has 0 unspecified atom stereocenters. The van der Waals surface area contributed by atoms with Crippen molar-refractivity contribution >= 4 is 28.9 Å². The molecule has 3 rings (SSSR count). The van der Waals surface area contributed by atoms with Crippen molar-refractivity contribution < 1.29 is 19.1 Å².